The molecule has 3 atom stereocenters. The Kier molecular flexibility index (Phi) is 7.28. The van der Waals surface area contributed by atoms with Gasteiger partial charge in [-0.05, 0) is 49.7 Å². The van der Waals surface area contributed by atoms with Crippen LogP contribution in [-0.4, -0.2) is 18.5 Å². The van der Waals surface area contributed by atoms with Crippen LogP contribution in [0.3, 0.4) is 0 Å². The molecule has 130 valence electrons. The van der Waals surface area contributed by atoms with Crippen LogP contribution in [0.4, 0.5) is 0 Å². The summed E-state index contributed by atoms with van der Waals surface area (Å²) >= 11 is 1.71. The Labute approximate surface area is 154 Å². The summed E-state index contributed by atoms with van der Waals surface area (Å²) in [5, 5.41) is 8.79. The first kappa shape index (κ1) is 19.0. The van der Waals surface area contributed by atoms with E-state index in [1.165, 1.54) is 10.4 Å². The number of thiophene rings is 1. The minimum atomic E-state index is 0. The summed E-state index contributed by atoms with van der Waals surface area (Å²) < 4.78 is 0. The average molecular weight is 365 g/mol. The van der Waals surface area contributed by atoms with Gasteiger partial charge in [0, 0.05) is 16.8 Å². The number of benzene rings is 1. The van der Waals surface area contributed by atoms with Crippen LogP contribution in [0.25, 0.3) is 0 Å². The highest BCUT2D eigenvalue weighted by atomic mass is 35.5. The maximum absolute atomic E-state index is 12.7. The van der Waals surface area contributed by atoms with Crippen LogP contribution in [0, 0.1) is 5.92 Å². The number of carbonyl (C=O) groups is 1. The zero-order valence-electron chi connectivity index (χ0n) is 13.9. The third-order valence-electron chi connectivity index (χ3n) is 4.48. The molecule has 0 bridgehead atoms. The van der Waals surface area contributed by atoms with E-state index in [2.05, 4.69) is 59.3 Å². The lowest BCUT2D eigenvalue weighted by molar-refractivity contribution is -0.126. The van der Waals surface area contributed by atoms with Crippen molar-refractivity contribution in [3.8, 4) is 0 Å². The molecule has 2 aromatic rings. The number of rotatable bonds is 5. The molecule has 5 heteroatoms. The van der Waals surface area contributed by atoms with Crippen molar-refractivity contribution < 1.29 is 4.79 Å². The highest BCUT2D eigenvalue weighted by molar-refractivity contribution is 7.10. The maximum Gasteiger partial charge on any atom is 0.223 e. The minimum Gasteiger partial charge on any atom is -0.348 e. The SMILES string of the molecule is C[C@H]1C[C@@H](C(=O)NC(Cc2ccccc2)c2cccs2)CCN1.Cl. The number of piperidine rings is 1. The largest absolute Gasteiger partial charge is 0.348 e. The molecule has 1 saturated heterocycles. The molecule has 0 spiro atoms. The fourth-order valence-electron chi connectivity index (χ4n) is 3.22. The zero-order valence-corrected chi connectivity index (χ0v) is 15.5. The molecule has 0 radical (unpaired) electrons. The predicted octanol–water partition coefficient (Wildman–Crippen LogP) is 3.96. The second-order valence-corrected chi connectivity index (χ2v) is 7.32. The van der Waals surface area contributed by atoms with E-state index in [1.807, 2.05) is 6.07 Å². The molecule has 3 rings (SSSR count). The molecular weight excluding hydrogens is 340 g/mol. The van der Waals surface area contributed by atoms with Crippen LogP contribution in [0.15, 0.2) is 47.8 Å². The number of amides is 1. The van der Waals surface area contributed by atoms with Crippen molar-refractivity contribution in [2.24, 2.45) is 5.92 Å². The van der Waals surface area contributed by atoms with Gasteiger partial charge in [-0.3, -0.25) is 4.79 Å². The Morgan fingerprint density at radius 2 is 2.08 bits per heavy atom. The average Bonchev–Trinajstić information content (AvgIpc) is 3.09. The molecule has 1 fully saturated rings. The molecule has 2 N–H and O–H groups in total. The van der Waals surface area contributed by atoms with Crippen molar-refractivity contribution in [2.45, 2.75) is 38.3 Å². The van der Waals surface area contributed by atoms with Crippen molar-refractivity contribution in [1.82, 2.24) is 10.6 Å². The molecule has 0 saturated carbocycles. The molecule has 1 aliphatic rings. The standard InChI is InChI=1S/C19H24N2OS.ClH/c1-14-12-16(9-10-20-14)19(22)21-17(18-8-5-11-23-18)13-15-6-3-2-4-7-15;/h2-8,11,14,16-17,20H,9-10,12-13H2,1H3,(H,21,22);1H/t14-,16-,17?;/m0./s1. The normalized spacial score (nSPS) is 21.5. The maximum atomic E-state index is 12.7. The summed E-state index contributed by atoms with van der Waals surface area (Å²) in [5.74, 6) is 0.331. The lowest BCUT2D eigenvalue weighted by Gasteiger charge is -2.29. The van der Waals surface area contributed by atoms with Gasteiger partial charge in [-0.15, -0.1) is 23.7 Å². The molecular formula is C19H25ClN2OS. The summed E-state index contributed by atoms with van der Waals surface area (Å²) in [6.45, 7) is 3.09. The van der Waals surface area contributed by atoms with Crippen LogP contribution in [0.5, 0.6) is 0 Å². The third-order valence-corrected chi connectivity index (χ3v) is 5.47. The van der Waals surface area contributed by atoms with E-state index in [9.17, 15) is 4.79 Å². The molecule has 1 aromatic heterocycles. The Bertz CT molecular complexity index is 618. The molecule has 24 heavy (non-hydrogen) atoms. The highest BCUT2D eigenvalue weighted by Gasteiger charge is 2.27. The summed E-state index contributed by atoms with van der Waals surface area (Å²) in [6.07, 6.45) is 2.70. The second kappa shape index (κ2) is 9.21. The number of halogens is 1. The van der Waals surface area contributed by atoms with E-state index >= 15 is 0 Å². The van der Waals surface area contributed by atoms with E-state index in [0.29, 0.717) is 6.04 Å². The van der Waals surface area contributed by atoms with Crippen LogP contribution >= 0.6 is 23.7 Å². The molecule has 1 aliphatic heterocycles. The second-order valence-electron chi connectivity index (χ2n) is 6.34. The Hall–Kier alpha value is -1.36. The first-order valence-electron chi connectivity index (χ1n) is 8.33. The van der Waals surface area contributed by atoms with Crippen LogP contribution in [-0.2, 0) is 11.2 Å². The van der Waals surface area contributed by atoms with Gasteiger partial charge in [0.15, 0.2) is 0 Å². The molecule has 2 heterocycles. The zero-order chi connectivity index (χ0) is 16.1. The van der Waals surface area contributed by atoms with Crippen molar-refractivity contribution in [3.05, 3.63) is 58.3 Å². The monoisotopic (exact) mass is 364 g/mol. The summed E-state index contributed by atoms with van der Waals surface area (Å²) in [7, 11) is 0. The van der Waals surface area contributed by atoms with Gasteiger partial charge >= 0.3 is 0 Å². The quantitative estimate of drug-likeness (QED) is 0.843. The van der Waals surface area contributed by atoms with E-state index in [4.69, 9.17) is 0 Å². The van der Waals surface area contributed by atoms with E-state index in [0.717, 1.165) is 25.8 Å². The van der Waals surface area contributed by atoms with Crippen LogP contribution in [0.2, 0.25) is 0 Å². The number of nitrogens with one attached hydrogen (secondary N) is 2. The Balaban J connectivity index is 0.00000208. The fourth-order valence-corrected chi connectivity index (χ4v) is 4.00. The van der Waals surface area contributed by atoms with E-state index in [-0.39, 0.29) is 30.3 Å². The number of carbonyl (C=O) groups excluding carboxylic acids is 1. The van der Waals surface area contributed by atoms with Crippen molar-refractivity contribution in [1.29, 1.82) is 0 Å². The van der Waals surface area contributed by atoms with Crippen LogP contribution < -0.4 is 10.6 Å². The van der Waals surface area contributed by atoms with Gasteiger partial charge in [-0.2, -0.15) is 0 Å². The van der Waals surface area contributed by atoms with Gasteiger partial charge in [-0.1, -0.05) is 36.4 Å². The lowest BCUT2D eigenvalue weighted by Crippen LogP contribution is -2.43. The van der Waals surface area contributed by atoms with Crippen molar-refractivity contribution in [2.75, 3.05) is 6.54 Å². The van der Waals surface area contributed by atoms with Gasteiger partial charge in [0.05, 0.1) is 6.04 Å². The van der Waals surface area contributed by atoms with Gasteiger partial charge in [-0.25, -0.2) is 0 Å². The van der Waals surface area contributed by atoms with Crippen molar-refractivity contribution >= 4 is 29.7 Å². The van der Waals surface area contributed by atoms with Gasteiger partial charge < -0.3 is 10.6 Å². The number of hydrogen-bond donors (Lipinski definition) is 2. The molecule has 3 nitrogen and oxygen atoms in total. The minimum absolute atomic E-state index is 0. The van der Waals surface area contributed by atoms with Gasteiger partial charge in [0.2, 0.25) is 5.91 Å². The lowest BCUT2D eigenvalue weighted by atomic mass is 9.92. The van der Waals surface area contributed by atoms with Crippen molar-refractivity contribution in [3.63, 3.8) is 0 Å². The van der Waals surface area contributed by atoms with E-state index < -0.39 is 0 Å². The van der Waals surface area contributed by atoms with Gasteiger partial charge in [0.1, 0.15) is 0 Å². The Morgan fingerprint density at radius 3 is 2.75 bits per heavy atom. The van der Waals surface area contributed by atoms with E-state index in [1.54, 1.807) is 11.3 Å². The molecule has 1 amide bonds. The molecule has 1 aromatic carbocycles. The summed E-state index contributed by atoms with van der Waals surface area (Å²) in [5.41, 5.74) is 1.25. The van der Waals surface area contributed by atoms with Crippen LogP contribution in [0.1, 0.15) is 36.2 Å². The fraction of sp³-hybridized carbons (Fsp3) is 0.421. The molecule has 1 unspecified atom stereocenters. The topological polar surface area (TPSA) is 41.1 Å². The molecule has 0 aliphatic carbocycles. The predicted molar refractivity (Wildman–Crippen MR) is 103 cm³/mol. The number of hydrogen-bond acceptors (Lipinski definition) is 3. The Morgan fingerprint density at radius 1 is 1.29 bits per heavy atom. The highest BCUT2D eigenvalue weighted by Crippen LogP contribution is 2.25. The first-order valence-corrected chi connectivity index (χ1v) is 9.21. The smallest absolute Gasteiger partial charge is 0.223 e. The third kappa shape index (κ3) is 5.07. The summed E-state index contributed by atoms with van der Waals surface area (Å²) in [4.78, 5) is 13.9. The summed E-state index contributed by atoms with van der Waals surface area (Å²) in [6, 6.07) is 15.0. The first-order chi connectivity index (χ1) is 11.2. The van der Waals surface area contributed by atoms with Gasteiger partial charge in [0.25, 0.3) is 0 Å².